The van der Waals surface area contributed by atoms with Crippen LogP contribution in [0.5, 0.6) is 0 Å². The molecule has 5 heteroatoms. The molecule has 0 unspecified atom stereocenters. The Morgan fingerprint density at radius 1 is 1.58 bits per heavy atom. The van der Waals surface area contributed by atoms with Crippen molar-refractivity contribution in [2.24, 2.45) is 0 Å². The van der Waals surface area contributed by atoms with Crippen LogP contribution in [0.15, 0.2) is 12.6 Å². The summed E-state index contributed by atoms with van der Waals surface area (Å²) in [5, 5.41) is 3.27. The van der Waals surface area contributed by atoms with Gasteiger partial charge in [-0.05, 0) is 13.0 Å². The molecule has 1 heterocycles. The van der Waals surface area contributed by atoms with Gasteiger partial charge in [0.1, 0.15) is 0 Å². The highest BCUT2D eigenvalue weighted by atomic mass is 19.4. The number of alkyl halides is 3. The topological polar surface area (TPSA) is 17.8 Å². The van der Waals surface area contributed by atoms with Gasteiger partial charge in [0.2, 0.25) is 0 Å². The molecule has 0 atom stereocenters. The van der Waals surface area contributed by atoms with Crippen LogP contribution < -0.4 is 0 Å². The number of hydrogen-bond donors (Lipinski definition) is 0. The van der Waals surface area contributed by atoms with E-state index in [9.17, 15) is 13.2 Å². The third-order valence-electron chi connectivity index (χ3n) is 1.39. The Kier molecular flexibility index (Phi) is 1.95. The van der Waals surface area contributed by atoms with Gasteiger partial charge >= 0.3 is 6.18 Å². The normalized spacial score (nSPS) is 11.7. The zero-order valence-corrected chi connectivity index (χ0v) is 6.39. The van der Waals surface area contributed by atoms with Gasteiger partial charge in [-0.2, -0.15) is 18.3 Å². The first-order valence-corrected chi connectivity index (χ1v) is 3.21. The predicted octanol–water partition coefficient (Wildman–Crippen LogP) is 2.31. The van der Waals surface area contributed by atoms with Gasteiger partial charge in [0.05, 0.1) is 0 Å². The predicted molar refractivity (Wildman–Crippen MR) is 38.4 cm³/mol. The molecule has 0 bridgehead atoms. The Bertz CT molecular complexity index is 298. The van der Waals surface area contributed by atoms with Crippen molar-refractivity contribution in [1.82, 2.24) is 9.78 Å². The first-order valence-electron chi connectivity index (χ1n) is 3.21. The highest BCUT2D eigenvalue weighted by molar-refractivity contribution is 5.23. The van der Waals surface area contributed by atoms with Gasteiger partial charge in [-0.25, -0.2) is 4.68 Å². The monoisotopic (exact) mass is 176 g/mol. The van der Waals surface area contributed by atoms with Gasteiger partial charge in [-0.15, -0.1) is 0 Å². The standard InChI is InChI=1S/C7H7F3N2/c1-3-12-5(2)4-6(11-12)7(8,9)10/h3-4H,1H2,2H3. The molecule has 66 valence electrons. The summed E-state index contributed by atoms with van der Waals surface area (Å²) in [5.74, 6) is 0. The zero-order valence-electron chi connectivity index (χ0n) is 6.39. The fourth-order valence-electron chi connectivity index (χ4n) is 0.811. The number of aryl methyl sites for hydroxylation is 1. The van der Waals surface area contributed by atoms with Crippen molar-refractivity contribution in [2.75, 3.05) is 0 Å². The molecular formula is C7H7F3N2. The van der Waals surface area contributed by atoms with Gasteiger partial charge < -0.3 is 0 Å². The second kappa shape index (κ2) is 2.66. The average Bonchev–Trinajstić information content (AvgIpc) is 2.29. The van der Waals surface area contributed by atoms with Gasteiger partial charge in [0.15, 0.2) is 5.69 Å². The molecule has 0 N–H and O–H groups in total. The Morgan fingerprint density at radius 3 is 2.42 bits per heavy atom. The molecule has 0 amide bonds. The molecule has 1 aromatic heterocycles. The Morgan fingerprint density at radius 2 is 2.17 bits per heavy atom. The Hall–Kier alpha value is -1.26. The molecule has 0 aliphatic heterocycles. The Labute approximate surface area is 67.3 Å². The van der Waals surface area contributed by atoms with Crippen LogP contribution in [0.4, 0.5) is 13.2 Å². The van der Waals surface area contributed by atoms with Crippen LogP contribution in [0.25, 0.3) is 6.20 Å². The lowest BCUT2D eigenvalue weighted by Crippen LogP contribution is -2.06. The lowest BCUT2D eigenvalue weighted by Gasteiger charge is -1.99. The number of rotatable bonds is 1. The second-order valence-corrected chi connectivity index (χ2v) is 2.30. The van der Waals surface area contributed by atoms with Crippen LogP contribution in [-0.4, -0.2) is 9.78 Å². The first-order chi connectivity index (χ1) is 5.45. The minimum absolute atomic E-state index is 0.414. The fourth-order valence-corrected chi connectivity index (χ4v) is 0.811. The Balaban J connectivity index is 3.13. The maximum Gasteiger partial charge on any atom is 0.435 e. The zero-order chi connectivity index (χ0) is 9.35. The van der Waals surface area contributed by atoms with Crippen LogP contribution in [0.2, 0.25) is 0 Å². The molecule has 1 aromatic rings. The number of aromatic nitrogens is 2. The first kappa shape index (κ1) is 8.83. The average molecular weight is 176 g/mol. The van der Waals surface area contributed by atoms with Crippen molar-refractivity contribution in [1.29, 1.82) is 0 Å². The minimum Gasteiger partial charge on any atom is -0.245 e. The summed E-state index contributed by atoms with van der Waals surface area (Å²) in [6.07, 6.45) is -3.15. The molecule has 0 saturated carbocycles. The van der Waals surface area contributed by atoms with E-state index in [1.807, 2.05) is 0 Å². The number of halogens is 3. The lowest BCUT2D eigenvalue weighted by molar-refractivity contribution is -0.141. The van der Waals surface area contributed by atoms with E-state index in [4.69, 9.17) is 0 Å². The number of nitrogens with zero attached hydrogens (tertiary/aromatic N) is 2. The highest BCUT2D eigenvalue weighted by Crippen LogP contribution is 2.28. The summed E-state index contributed by atoms with van der Waals surface area (Å²) in [6, 6.07) is 0.974. The van der Waals surface area contributed by atoms with Crippen molar-refractivity contribution in [3.8, 4) is 0 Å². The van der Waals surface area contributed by atoms with Gasteiger partial charge in [-0.3, -0.25) is 0 Å². The molecule has 12 heavy (non-hydrogen) atoms. The molecule has 1 rings (SSSR count). The lowest BCUT2D eigenvalue weighted by atomic mass is 10.4. The van der Waals surface area contributed by atoms with Gasteiger partial charge in [-0.1, -0.05) is 6.58 Å². The van der Waals surface area contributed by atoms with E-state index < -0.39 is 11.9 Å². The second-order valence-electron chi connectivity index (χ2n) is 2.30. The molecule has 0 saturated heterocycles. The largest absolute Gasteiger partial charge is 0.435 e. The maximum absolute atomic E-state index is 12.0. The van der Waals surface area contributed by atoms with E-state index in [1.54, 1.807) is 0 Å². The molecule has 0 fully saturated rings. The summed E-state index contributed by atoms with van der Waals surface area (Å²) in [5.41, 5.74) is -0.475. The molecule has 0 aliphatic rings. The van der Waals surface area contributed by atoms with E-state index in [-0.39, 0.29) is 0 Å². The summed E-state index contributed by atoms with van der Waals surface area (Å²) in [6.45, 7) is 4.85. The van der Waals surface area contributed by atoms with Crippen molar-refractivity contribution in [2.45, 2.75) is 13.1 Å². The van der Waals surface area contributed by atoms with Crippen LogP contribution in [0, 0.1) is 6.92 Å². The molecule has 0 spiro atoms. The van der Waals surface area contributed by atoms with Crippen LogP contribution in [-0.2, 0) is 6.18 Å². The van der Waals surface area contributed by atoms with Crippen molar-refractivity contribution < 1.29 is 13.2 Å². The summed E-state index contributed by atoms with van der Waals surface area (Å²) < 4.78 is 37.1. The summed E-state index contributed by atoms with van der Waals surface area (Å²) in [7, 11) is 0. The van der Waals surface area contributed by atoms with E-state index in [0.717, 1.165) is 10.7 Å². The smallest absolute Gasteiger partial charge is 0.245 e. The summed E-state index contributed by atoms with van der Waals surface area (Å²) >= 11 is 0. The molecule has 2 nitrogen and oxygen atoms in total. The maximum atomic E-state index is 12.0. The van der Waals surface area contributed by atoms with Crippen LogP contribution in [0.1, 0.15) is 11.4 Å². The SMILES string of the molecule is C=Cn1nc(C(F)(F)F)cc1C. The van der Waals surface area contributed by atoms with E-state index >= 15 is 0 Å². The van der Waals surface area contributed by atoms with E-state index in [1.165, 1.54) is 13.1 Å². The molecular weight excluding hydrogens is 169 g/mol. The van der Waals surface area contributed by atoms with E-state index in [0.29, 0.717) is 5.69 Å². The molecule has 0 aliphatic carbocycles. The third-order valence-corrected chi connectivity index (χ3v) is 1.39. The van der Waals surface area contributed by atoms with E-state index in [2.05, 4.69) is 11.7 Å². The quantitative estimate of drug-likeness (QED) is 0.642. The molecule has 0 radical (unpaired) electrons. The fraction of sp³-hybridized carbons (Fsp3) is 0.286. The highest BCUT2D eigenvalue weighted by Gasteiger charge is 2.34. The third kappa shape index (κ3) is 1.49. The van der Waals surface area contributed by atoms with Crippen molar-refractivity contribution in [3.63, 3.8) is 0 Å². The van der Waals surface area contributed by atoms with Crippen LogP contribution in [0.3, 0.4) is 0 Å². The van der Waals surface area contributed by atoms with Crippen LogP contribution >= 0.6 is 0 Å². The number of hydrogen-bond acceptors (Lipinski definition) is 1. The van der Waals surface area contributed by atoms with Gasteiger partial charge in [0.25, 0.3) is 0 Å². The van der Waals surface area contributed by atoms with Gasteiger partial charge in [0, 0.05) is 11.9 Å². The van der Waals surface area contributed by atoms with Crippen molar-refractivity contribution in [3.05, 3.63) is 24.0 Å². The van der Waals surface area contributed by atoms with Crippen molar-refractivity contribution >= 4 is 6.20 Å². The summed E-state index contributed by atoms with van der Waals surface area (Å²) in [4.78, 5) is 0. The minimum atomic E-state index is -4.38. The molecule has 0 aromatic carbocycles.